The van der Waals surface area contributed by atoms with Crippen molar-refractivity contribution in [2.45, 2.75) is 216 Å². The Labute approximate surface area is 592 Å². The van der Waals surface area contributed by atoms with Crippen LogP contribution >= 0.6 is 0 Å². The van der Waals surface area contributed by atoms with Crippen LogP contribution in [0.25, 0.3) is 0 Å². The number of rotatable bonds is 3. The normalized spacial score (nSPS) is 56.9. The molecule has 16 aliphatic carbocycles. The molecule has 18 nitrogen and oxygen atoms in total. The number of methoxy groups -OCH3 is 1. The molecule has 0 spiro atoms. The van der Waals surface area contributed by atoms with E-state index in [-0.39, 0.29) is 107 Å². The maximum atomic E-state index is 11.6. The first-order valence-electron chi connectivity index (χ1n) is 40.3. The number of carbonyl (C=O) groups is 8. The maximum absolute atomic E-state index is 11.6. The Hall–Kier alpha value is -4.32. The molecule has 0 radical (unpaired) electrons. The van der Waals surface area contributed by atoms with E-state index in [0.29, 0.717) is 178 Å². The average molecular weight is 1390 g/mol. The van der Waals surface area contributed by atoms with E-state index in [1.54, 1.807) is 7.11 Å². The lowest BCUT2D eigenvalue weighted by Gasteiger charge is -2.33. The van der Waals surface area contributed by atoms with Crippen LogP contribution in [0.1, 0.15) is 173 Å². The lowest BCUT2D eigenvalue weighted by atomic mass is 9.74. The molecule has 24 aliphatic rings. The molecule has 18 heteroatoms. The Bertz CT molecular complexity index is 3320. The molecule has 16 saturated carbocycles. The van der Waals surface area contributed by atoms with Crippen molar-refractivity contribution in [1.82, 2.24) is 0 Å². The average Bonchev–Trinajstić information content (AvgIpc) is 1.54. The number of carbonyl (C=O) groups excluding carboxylic acids is 8. The van der Waals surface area contributed by atoms with Gasteiger partial charge in [0.1, 0.15) is 30.0 Å². The van der Waals surface area contributed by atoms with Crippen molar-refractivity contribution in [3.63, 3.8) is 0 Å². The van der Waals surface area contributed by atoms with Crippen LogP contribution in [0.15, 0.2) is 0 Å². The van der Waals surface area contributed by atoms with Gasteiger partial charge in [-0.1, -0.05) is 76.2 Å². The third-order valence-corrected chi connectivity index (χ3v) is 35.1. The van der Waals surface area contributed by atoms with E-state index in [1.807, 2.05) is 6.92 Å². The summed E-state index contributed by atoms with van der Waals surface area (Å²) in [6.07, 6.45) is 17.1. The van der Waals surface area contributed by atoms with Gasteiger partial charge < -0.3 is 47.4 Å². The summed E-state index contributed by atoms with van der Waals surface area (Å²) in [7, 11) is 1.76. The fourth-order valence-electron chi connectivity index (χ4n) is 29.8. The number of fused-ring (bicyclic) bond motifs is 20. The number of esters is 8. The van der Waals surface area contributed by atoms with Crippen LogP contribution in [-0.4, -0.2) is 124 Å². The van der Waals surface area contributed by atoms with E-state index < -0.39 is 0 Å². The van der Waals surface area contributed by atoms with Crippen molar-refractivity contribution in [2.75, 3.05) is 33.5 Å². The van der Waals surface area contributed by atoms with Crippen molar-refractivity contribution in [3.05, 3.63) is 0 Å². The van der Waals surface area contributed by atoms with Gasteiger partial charge in [0.05, 0.1) is 79.4 Å². The van der Waals surface area contributed by atoms with Crippen molar-refractivity contribution in [2.24, 2.45) is 212 Å². The standard InChI is InChI=1S/C12H18O3.C11H16O3.C11H16O2.3C10H14O2.2C9H12O2/c1-3-14-11-6(2)7-4-8(11)10-9(7)5-15-12(10)13;1-5-6-3-7(10(5)13-2)9-8(6)4-14-11(9)12;1-5-7-4-6-8(11(7,2)3)9(5)13-10(6)12;1-5-8-6-3-10(5,2)4-7(6)9(11)12-8;1-5-6-3-7-8(4-6)10(5,2)12-9(7)11;1-5-2-6-3-7(5)9-8(6)4-12-10(9)11;1-4-5-2-6-7(3-5)11-9(10)8(4)6;1-4-5-2-6-7(3-5)9(10)11-8(4)6/h6-11H,3-5H2,1-2H3;5-10H,3-4H2,1-2H3;5-9H,4H2,1-3H3;2*5-8H,3-4H2,1-2H3;5-9H,2-4H2,1H3;2*4-8H,2-3H2,1H3. The first kappa shape index (κ1) is 68.8. The predicted molar refractivity (Wildman–Crippen MR) is 359 cm³/mol. The third kappa shape index (κ3) is 9.93. The molecule has 24 rings (SSSR count). The van der Waals surface area contributed by atoms with Crippen LogP contribution in [0.5, 0.6) is 0 Å². The Balaban J connectivity index is 0.0000000856. The Morgan fingerprint density at radius 2 is 0.960 bits per heavy atom. The van der Waals surface area contributed by atoms with Crippen molar-refractivity contribution >= 4 is 47.8 Å². The summed E-state index contributed by atoms with van der Waals surface area (Å²) in [5, 5.41) is 0. The highest BCUT2D eigenvalue weighted by atomic mass is 16.6. The van der Waals surface area contributed by atoms with Crippen LogP contribution in [-0.2, 0) is 85.7 Å². The van der Waals surface area contributed by atoms with Crippen LogP contribution in [0.3, 0.4) is 0 Å². The highest BCUT2D eigenvalue weighted by Gasteiger charge is 2.71. The van der Waals surface area contributed by atoms with Crippen molar-refractivity contribution in [3.8, 4) is 0 Å². The van der Waals surface area contributed by atoms with Crippen LogP contribution < -0.4 is 0 Å². The molecule has 42 atom stereocenters. The lowest BCUT2D eigenvalue weighted by molar-refractivity contribution is -0.151. The van der Waals surface area contributed by atoms with Gasteiger partial charge in [-0.05, 0) is 215 Å². The van der Waals surface area contributed by atoms with Gasteiger partial charge in [-0.15, -0.1) is 0 Å². The largest absolute Gasteiger partial charge is 0.465 e. The summed E-state index contributed by atoms with van der Waals surface area (Å²) in [6, 6.07) is 0. The fourth-order valence-corrected chi connectivity index (χ4v) is 29.8. The summed E-state index contributed by atoms with van der Waals surface area (Å²) in [5.74, 6) is 18.6. The van der Waals surface area contributed by atoms with Gasteiger partial charge in [0.25, 0.3) is 0 Å². The van der Waals surface area contributed by atoms with Gasteiger partial charge in [-0.2, -0.15) is 0 Å². The summed E-state index contributed by atoms with van der Waals surface area (Å²) in [6.45, 7) is 31.8. The third-order valence-electron chi connectivity index (χ3n) is 35.1. The molecule has 552 valence electrons. The van der Waals surface area contributed by atoms with E-state index in [2.05, 4.69) is 83.1 Å². The van der Waals surface area contributed by atoms with Gasteiger partial charge >= 0.3 is 47.8 Å². The highest BCUT2D eigenvalue weighted by Crippen LogP contribution is 2.69. The second-order valence-corrected chi connectivity index (χ2v) is 38.7. The van der Waals surface area contributed by atoms with Crippen LogP contribution in [0, 0.1) is 212 Å². The zero-order chi connectivity index (χ0) is 70.3. The molecule has 8 heterocycles. The number of cyclic esters (lactones) is 3. The zero-order valence-corrected chi connectivity index (χ0v) is 62.0. The van der Waals surface area contributed by atoms with E-state index in [1.165, 1.54) is 51.4 Å². The number of ether oxygens (including phenoxy) is 10. The minimum Gasteiger partial charge on any atom is -0.465 e. The second kappa shape index (κ2) is 24.4. The van der Waals surface area contributed by atoms with E-state index >= 15 is 0 Å². The van der Waals surface area contributed by atoms with E-state index in [9.17, 15) is 38.4 Å². The molecule has 0 aromatic carbocycles. The van der Waals surface area contributed by atoms with Gasteiger partial charge in [-0.3, -0.25) is 38.4 Å². The van der Waals surface area contributed by atoms with Crippen LogP contribution in [0.4, 0.5) is 0 Å². The smallest absolute Gasteiger partial charge is 0.309 e. The number of hydrogen-bond acceptors (Lipinski definition) is 18. The molecule has 8 saturated heterocycles. The minimum absolute atomic E-state index is 0.0245. The Morgan fingerprint density at radius 3 is 1.53 bits per heavy atom. The monoisotopic (exact) mass is 1390 g/mol. The SMILES string of the molecule is CC1C2CC3C(=O)OC1(C)C3C2.CC1C2CC3C(=O)OC1C3C2.CC1C2CC3OC(=O)C1C3C2.CC1C2OC(=O)C3CC1(C)CC32.CC1C2OC(=O)C3CC1C(C)(C)C32.CC1CC2CC1C1C(=O)OCC21.CCOC1C(C)C2CC1C1C(=O)OCC21.COC1C(C)C2CC1C1C(=O)OCC21. The van der Waals surface area contributed by atoms with Gasteiger partial charge in [-0.25, -0.2) is 0 Å². The van der Waals surface area contributed by atoms with Gasteiger partial charge in [0, 0.05) is 61.1 Å². The molecule has 16 bridgehead atoms. The molecular formula is C82H116O18. The first-order valence-corrected chi connectivity index (χ1v) is 40.3. The Kier molecular flexibility index (Phi) is 16.8. The molecule has 0 N–H and O–H groups in total. The summed E-state index contributed by atoms with van der Waals surface area (Å²) < 4.78 is 53.7. The molecule has 0 aromatic heterocycles. The van der Waals surface area contributed by atoms with Gasteiger partial charge in [0.15, 0.2) is 0 Å². The molecule has 42 unspecified atom stereocenters. The number of hydrogen-bond donors (Lipinski definition) is 0. The van der Waals surface area contributed by atoms with E-state index in [0.717, 1.165) is 74.9 Å². The highest BCUT2D eigenvalue weighted by molar-refractivity contribution is 5.80. The van der Waals surface area contributed by atoms with Gasteiger partial charge in [0.2, 0.25) is 0 Å². The van der Waals surface area contributed by atoms with Crippen LogP contribution in [0.2, 0.25) is 0 Å². The summed E-state index contributed by atoms with van der Waals surface area (Å²) >= 11 is 0. The molecular weight excluding hydrogens is 1270 g/mol. The molecule has 8 aliphatic heterocycles. The lowest BCUT2D eigenvalue weighted by Crippen LogP contribution is -2.39. The topological polar surface area (TPSA) is 229 Å². The molecule has 0 aromatic rings. The Morgan fingerprint density at radius 1 is 0.390 bits per heavy atom. The summed E-state index contributed by atoms with van der Waals surface area (Å²) in [5.41, 5.74) is 0.651. The minimum atomic E-state index is -0.0926. The van der Waals surface area contributed by atoms with Crippen molar-refractivity contribution in [1.29, 1.82) is 0 Å². The van der Waals surface area contributed by atoms with E-state index in [4.69, 9.17) is 47.4 Å². The van der Waals surface area contributed by atoms with Crippen molar-refractivity contribution < 1.29 is 85.7 Å². The first-order chi connectivity index (χ1) is 47.6. The molecule has 100 heavy (non-hydrogen) atoms. The maximum Gasteiger partial charge on any atom is 0.309 e. The predicted octanol–water partition coefficient (Wildman–Crippen LogP) is 11.4. The molecule has 0 amide bonds. The zero-order valence-electron chi connectivity index (χ0n) is 62.0. The fraction of sp³-hybridized carbons (Fsp3) is 0.902. The quantitative estimate of drug-likeness (QED) is 0.189. The second-order valence-electron chi connectivity index (χ2n) is 38.7. The summed E-state index contributed by atoms with van der Waals surface area (Å²) in [4.78, 5) is 91.3. The molecule has 24 fully saturated rings.